The molecule has 0 radical (unpaired) electrons. The van der Waals surface area contributed by atoms with Crippen LogP contribution in [0.5, 0.6) is 0 Å². The molecule has 10 nitrogen and oxygen atoms in total. The molecule has 1 aliphatic heterocycles. The van der Waals surface area contributed by atoms with E-state index in [1.54, 1.807) is 22.0 Å². The minimum atomic E-state index is -2.81. The van der Waals surface area contributed by atoms with Crippen LogP contribution in [0.4, 0.5) is 14.6 Å². The van der Waals surface area contributed by atoms with Crippen LogP contribution >= 0.6 is 0 Å². The first-order valence-corrected chi connectivity index (χ1v) is 15.0. The normalized spacial score (nSPS) is 21.1. The number of carbonyl (C=O) groups excluding carboxylic acids is 1. The first kappa shape index (κ1) is 26.9. The van der Waals surface area contributed by atoms with Crippen molar-refractivity contribution >= 4 is 22.9 Å². The molecule has 224 valence electrons. The van der Waals surface area contributed by atoms with Crippen molar-refractivity contribution in [3.63, 3.8) is 0 Å². The van der Waals surface area contributed by atoms with Crippen molar-refractivity contribution in [2.75, 3.05) is 18.8 Å². The van der Waals surface area contributed by atoms with Crippen molar-refractivity contribution in [3.8, 4) is 22.9 Å². The van der Waals surface area contributed by atoms with Crippen molar-refractivity contribution in [1.29, 1.82) is 0 Å². The highest BCUT2D eigenvalue weighted by atomic mass is 19.3. The van der Waals surface area contributed by atoms with E-state index >= 15 is 0 Å². The van der Waals surface area contributed by atoms with Gasteiger partial charge in [0, 0.05) is 55.9 Å². The quantitative estimate of drug-likeness (QED) is 0.297. The zero-order chi connectivity index (χ0) is 30.0. The van der Waals surface area contributed by atoms with Gasteiger partial charge in [0.15, 0.2) is 17.3 Å². The molecule has 1 saturated heterocycles. The number of piperidine rings is 1. The number of alkyl halides is 2. The maximum Gasteiger partial charge on any atom is 0.260 e. The van der Waals surface area contributed by atoms with E-state index in [9.17, 15) is 13.6 Å². The van der Waals surface area contributed by atoms with E-state index in [-0.39, 0.29) is 18.5 Å². The van der Waals surface area contributed by atoms with Crippen molar-refractivity contribution in [2.45, 2.75) is 50.1 Å². The Morgan fingerprint density at radius 2 is 1.86 bits per heavy atom. The van der Waals surface area contributed by atoms with Crippen LogP contribution in [0.15, 0.2) is 67.1 Å². The highest BCUT2D eigenvalue weighted by molar-refractivity contribution is 5.84. The zero-order valence-corrected chi connectivity index (χ0v) is 23.9. The molecule has 0 spiro atoms. The van der Waals surface area contributed by atoms with Gasteiger partial charge < -0.3 is 16.0 Å². The summed E-state index contributed by atoms with van der Waals surface area (Å²) in [6, 6.07) is 16.3. The minimum Gasteiger partial charge on any atom is -0.383 e. The van der Waals surface area contributed by atoms with Crippen LogP contribution in [0, 0.1) is 5.92 Å². The number of pyridine rings is 2. The predicted molar refractivity (Wildman–Crippen MR) is 160 cm³/mol. The van der Waals surface area contributed by atoms with Gasteiger partial charge in [0.25, 0.3) is 5.92 Å². The minimum absolute atomic E-state index is 0.191. The number of nitrogen functional groups attached to an aromatic ring is 1. The number of nitrogens with two attached hydrogens (primary N) is 1. The van der Waals surface area contributed by atoms with Gasteiger partial charge in [-0.2, -0.15) is 5.10 Å². The van der Waals surface area contributed by atoms with E-state index in [1.807, 2.05) is 41.1 Å². The van der Waals surface area contributed by atoms with Crippen LogP contribution in [0.1, 0.15) is 42.9 Å². The molecule has 5 heterocycles. The number of amides is 1. The Balaban J connectivity index is 1.08. The van der Waals surface area contributed by atoms with Crippen LogP contribution in [0.3, 0.4) is 0 Å². The van der Waals surface area contributed by atoms with Gasteiger partial charge in [-0.15, -0.1) is 0 Å². The second-order valence-electron chi connectivity index (χ2n) is 11.9. The summed E-state index contributed by atoms with van der Waals surface area (Å²) in [5.74, 6) is -2.59. The summed E-state index contributed by atoms with van der Waals surface area (Å²) in [6.45, 7) is 1.03. The number of hydrogen-bond acceptors (Lipinski definition) is 7. The molecule has 5 aromatic rings. The van der Waals surface area contributed by atoms with Crippen molar-refractivity contribution in [2.24, 2.45) is 5.92 Å². The molecular weight excluding hydrogens is 564 g/mol. The maximum absolute atomic E-state index is 13.4. The van der Waals surface area contributed by atoms with Gasteiger partial charge in [-0.3, -0.25) is 9.36 Å². The number of benzene rings is 1. The van der Waals surface area contributed by atoms with Gasteiger partial charge in [0.05, 0.1) is 5.56 Å². The van der Waals surface area contributed by atoms with E-state index in [1.165, 1.54) is 11.1 Å². The number of aromatic nitrogens is 6. The fraction of sp³-hybridized carbons (Fsp3) is 0.344. The standard InChI is InChI=1S/C32H31F2N9O/c33-32(34)18-24(32)31(44)41-15-10-20(11-16-41)38-25-7-4-19-17-21(5-6-22(19)25)43-29(23-3-1-12-36-28(23)35)39-26-8-9-27(40-30(26)43)42-14-2-13-37-42/h1-3,5-6,8-9,12-14,17,20,24-25,38H,4,7,10-11,15-16,18H2,(H2,35,36)/t24?,25-/m0/s1. The molecular formula is C32H31F2N9O. The molecule has 4 aromatic heterocycles. The fourth-order valence-electron chi connectivity index (χ4n) is 6.68. The molecule has 12 heteroatoms. The SMILES string of the molecule is Nc1ncccc1-c1nc2ccc(-n3cccn3)nc2n1-c1ccc2c(c1)CC[C@@H]2NC1CCN(C(=O)C2CC2(F)F)CC1. The van der Waals surface area contributed by atoms with Crippen LogP contribution in [-0.2, 0) is 11.2 Å². The molecule has 1 saturated carbocycles. The molecule has 0 bridgehead atoms. The number of anilines is 1. The average molecular weight is 596 g/mol. The molecule has 2 fully saturated rings. The summed E-state index contributed by atoms with van der Waals surface area (Å²) >= 11 is 0. The lowest BCUT2D eigenvalue weighted by Gasteiger charge is -2.34. The monoisotopic (exact) mass is 595 g/mol. The summed E-state index contributed by atoms with van der Waals surface area (Å²) in [5.41, 5.74) is 11.9. The lowest BCUT2D eigenvalue weighted by atomic mass is 10.0. The number of nitrogens with zero attached hydrogens (tertiary/aromatic N) is 7. The van der Waals surface area contributed by atoms with E-state index < -0.39 is 17.7 Å². The summed E-state index contributed by atoms with van der Waals surface area (Å²) in [7, 11) is 0. The molecule has 1 unspecified atom stereocenters. The maximum atomic E-state index is 13.4. The summed E-state index contributed by atoms with van der Waals surface area (Å²) < 4.78 is 30.6. The van der Waals surface area contributed by atoms with Crippen LogP contribution in [0.25, 0.3) is 34.1 Å². The van der Waals surface area contributed by atoms with Crippen LogP contribution < -0.4 is 11.1 Å². The fourth-order valence-corrected chi connectivity index (χ4v) is 6.68. The third-order valence-electron chi connectivity index (χ3n) is 9.14. The third kappa shape index (κ3) is 4.60. The van der Waals surface area contributed by atoms with E-state index in [2.05, 4.69) is 33.6 Å². The highest BCUT2D eigenvalue weighted by Crippen LogP contribution is 2.49. The molecule has 1 aromatic carbocycles. The molecule has 2 atom stereocenters. The Labute approximate surface area is 251 Å². The second kappa shape index (κ2) is 10.2. The molecule has 1 amide bonds. The molecule has 2 aliphatic carbocycles. The number of rotatable bonds is 6. The number of halogens is 2. The molecule has 3 aliphatic rings. The van der Waals surface area contributed by atoms with Crippen LogP contribution in [0.2, 0.25) is 0 Å². The van der Waals surface area contributed by atoms with Gasteiger partial charge in [-0.1, -0.05) is 6.07 Å². The molecule has 3 N–H and O–H groups in total. The number of fused-ring (bicyclic) bond motifs is 2. The van der Waals surface area contributed by atoms with Crippen molar-refractivity contribution in [1.82, 2.24) is 39.5 Å². The highest BCUT2D eigenvalue weighted by Gasteiger charge is 2.62. The lowest BCUT2D eigenvalue weighted by Crippen LogP contribution is -2.46. The van der Waals surface area contributed by atoms with Crippen molar-refractivity contribution < 1.29 is 13.6 Å². The Morgan fingerprint density at radius 3 is 2.61 bits per heavy atom. The lowest BCUT2D eigenvalue weighted by molar-refractivity contribution is -0.136. The average Bonchev–Trinajstić information content (AvgIpc) is 3.49. The Morgan fingerprint density at radius 1 is 1.02 bits per heavy atom. The van der Waals surface area contributed by atoms with Gasteiger partial charge in [-0.25, -0.2) is 28.4 Å². The summed E-state index contributed by atoms with van der Waals surface area (Å²) in [6.07, 6.45) is 8.32. The summed E-state index contributed by atoms with van der Waals surface area (Å²) in [5, 5.41) is 8.14. The summed E-state index contributed by atoms with van der Waals surface area (Å²) in [4.78, 5) is 28.2. The molecule has 44 heavy (non-hydrogen) atoms. The van der Waals surface area contributed by atoms with Gasteiger partial charge >= 0.3 is 0 Å². The van der Waals surface area contributed by atoms with E-state index in [4.69, 9.17) is 15.7 Å². The Kier molecular flexibility index (Phi) is 6.23. The number of imidazole rings is 1. The number of likely N-dealkylation sites (tertiary alicyclic amines) is 1. The Bertz CT molecular complexity index is 1880. The largest absolute Gasteiger partial charge is 0.383 e. The van der Waals surface area contributed by atoms with E-state index in [0.717, 1.165) is 42.5 Å². The first-order chi connectivity index (χ1) is 21.4. The Hall–Kier alpha value is -4.71. The van der Waals surface area contributed by atoms with Crippen molar-refractivity contribution in [3.05, 3.63) is 78.2 Å². The number of aryl methyl sites for hydroxylation is 1. The third-order valence-corrected chi connectivity index (χ3v) is 9.14. The topological polar surface area (TPSA) is 120 Å². The second-order valence-corrected chi connectivity index (χ2v) is 11.9. The number of hydrogen-bond donors (Lipinski definition) is 2. The van der Waals surface area contributed by atoms with Gasteiger partial charge in [0.2, 0.25) is 5.91 Å². The zero-order valence-electron chi connectivity index (χ0n) is 23.9. The smallest absolute Gasteiger partial charge is 0.260 e. The predicted octanol–water partition coefficient (Wildman–Crippen LogP) is 4.47. The molecule has 8 rings (SSSR count). The first-order valence-electron chi connectivity index (χ1n) is 15.0. The van der Waals surface area contributed by atoms with Gasteiger partial charge in [-0.05, 0) is 79.3 Å². The number of carbonyl (C=O) groups is 1. The number of nitrogens with one attached hydrogen (secondary N) is 1. The van der Waals surface area contributed by atoms with Crippen LogP contribution in [-0.4, -0.2) is 65.2 Å². The van der Waals surface area contributed by atoms with E-state index in [0.29, 0.717) is 36.2 Å². The van der Waals surface area contributed by atoms with Gasteiger partial charge in [0.1, 0.15) is 17.3 Å².